The second kappa shape index (κ2) is 5.69. The van der Waals surface area contributed by atoms with E-state index in [0.29, 0.717) is 5.57 Å². The van der Waals surface area contributed by atoms with Gasteiger partial charge in [0.05, 0.1) is 0 Å². The first kappa shape index (κ1) is 15.5. The van der Waals surface area contributed by atoms with Crippen molar-refractivity contribution < 1.29 is 9.53 Å². The lowest BCUT2D eigenvalue weighted by atomic mass is 9.79. The van der Waals surface area contributed by atoms with Crippen LogP contribution in [-0.4, -0.2) is 11.6 Å². The van der Waals surface area contributed by atoms with Crippen molar-refractivity contribution in [3.63, 3.8) is 0 Å². The molecule has 0 N–H and O–H groups in total. The summed E-state index contributed by atoms with van der Waals surface area (Å²) in [7, 11) is 0. The van der Waals surface area contributed by atoms with Crippen LogP contribution in [0, 0.1) is 0 Å². The van der Waals surface area contributed by atoms with E-state index in [9.17, 15) is 4.79 Å². The van der Waals surface area contributed by atoms with Crippen molar-refractivity contribution >= 4 is 5.97 Å². The summed E-state index contributed by atoms with van der Waals surface area (Å²) in [5.41, 5.74) is 4.77. The van der Waals surface area contributed by atoms with Gasteiger partial charge in [-0.05, 0) is 42.5 Å². The summed E-state index contributed by atoms with van der Waals surface area (Å²) in [4.78, 5) is 12.2. The standard InChI is InChI=1S/C21H22O2/c1-5-21(4,23-20(22)14(2)3)19-17-12-8-6-10-15(17)16-11-7-9-13-18(16)19/h6-13,19H,2,5H2,1,3-4H3. The van der Waals surface area contributed by atoms with Gasteiger partial charge >= 0.3 is 5.97 Å². The van der Waals surface area contributed by atoms with Crippen molar-refractivity contribution in [3.05, 3.63) is 71.8 Å². The number of carbonyl (C=O) groups is 1. The minimum Gasteiger partial charge on any atom is -0.455 e. The highest BCUT2D eigenvalue weighted by atomic mass is 16.6. The SMILES string of the molecule is C=C(C)C(=O)OC(C)(CC)C1c2ccccc2-c2ccccc21. The van der Waals surface area contributed by atoms with E-state index in [1.807, 2.05) is 19.1 Å². The first-order chi connectivity index (χ1) is 11.0. The van der Waals surface area contributed by atoms with Crippen LogP contribution in [-0.2, 0) is 9.53 Å². The van der Waals surface area contributed by atoms with Crippen LogP contribution < -0.4 is 0 Å². The Balaban J connectivity index is 2.14. The van der Waals surface area contributed by atoms with Crippen LogP contribution in [0.15, 0.2) is 60.7 Å². The summed E-state index contributed by atoms with van der Waals surface area (Å²) in [5.74, 6) is -0.278. The van der Waals surface area contributed by atoms with Gasteiger partial charge in [0, 0.05) is 11.5 Å². The molecule has 0 saturated carbocycles. The van der Waals surface area contributed by atoms with Gasteiger partial charge < -0.3 is 4.74 Å². The molecule has 0 aliphatic heterocycles. The molecule has 0 amide bonds. The van der Waals surface area contributed by atoms with Crippen LogP contribution in [0.4, 0.5) is 0 Å². The van der Waals surface area contributed by atoms with Gasteiger partial charge in [-0.15, -0.1) is 0 Å². The predicted octanol–water partition coefficient (Wildman–Crippen LogP) is 5.09. The van der Waals surface area contributed by atoms with E-state index in [1.165, 1.54) is 22.3 Å². The molecule has 0 aromatic heterocycles. The van der Waals surface area contributed by atoms with Crippen molar-refractivity contribution in [2.45, 2.75) is 38.7 Å². The molecule has 0 bridgehead atoms. The summed E-state index contributed by atoms with van der Waals surface area (Å²) in [5, 5.41) is 0. The number of fused-ring (bicyclic) bond motifs is 3. The molecular formula is C21H22O2. The molecule has 0 spiro atoms. The molecule has 1 aliphatic rings. The maximum absolute atomic E-state index is 12.2. The number of benzene rings is 2. The zero-order valence-corrected chi connectivity index (χ0v) is 13.9. The average Bonchev–Trinajstić information content (AvgIpc) is 2.89. The minimum absolute atomic E-state index is 0.0446. The molecule has 0 heterocycles. The fraction of sp³-hybridized carbons (Fsp3) is 0.286. The molecule has 2 aromatic rings. The maximum atomic E-state index is 12.2. The van der Waals surface area contributed by atoms with Crippen LogP contribution in [0.3, 0.4) is 0 Å². The Hall–Kier alpha value is -2.35. The fourth-order valence-electron chi connectivity index (χ4n) is 3.45. The topological polar surface area (TPSA) is 26.3 Å². The molecule has 2 nitrogen and oxygen atoms in total. The largest absolute Gasteiger partial charge is 0.455 e. The van der Waals surface area contributed by atoms with Crippen LogP contribution in [0.5, 0.6) is 0 Å². The van der Waals surface area contributed by atoms with Gasteiger partial charge in [-0.3, -0.25) is 0 Å². The molecule has 23 heavy (non-hydrogen) atoms. The molecule has 3 rings (SSSR count). The number of carbonyl (C=O) groups excluding carboxylic acids is 1. The van der Waals surface area contributed by atoms with E-state index in [-0.39, 0.29) is 11.9 Å². The van der Waals surface area contributed by atoms with Gasteiger partial charge in [0.15, 0.2) is 0 Å². The Morgan fingerprint density at radius 1 is 1.09 bits per heavy atom. The number of ether oxygens (including phenoxy) is 1. The van der Waals surface area contributed by atoms with Crippen LogP contribution in [0.2, 0.25) is 0 Å². The van der Waals surface area contributed by atoms with Gasteiger partial charge in [-0.1, -0.05) is 62.0 Å². The smallest absolute Gasteiger partial charge is 0.333 e. The second-order valence-corrected chi connectivity index (χ2v) is 6.44. The first-order valence-electron chi connectivity index (χ1n) is 8.05. The second-order valence-electron chi connectivity index (χ2n) is 6.44. The highest BCUT2D eigenvalue weighted by Gasteiger charge is 2.43. The molecule has 2 aromatic carbocycles. The van der Waals surface area contributed by atoms with E-state index in [1.54, 1.807) is 6.92 Å². The van der Waals surface area contributed by atoms with Crippen molar-refractivity contribution in [1.29, 1.82) is 0 Å². The molecule has 1 atom stereocenters. The van der Waals surface area contributed by atoms with Crippen molar-refractivity contribution in [2.24, 2.45) is 0 Å². The molecule has 1 aliphatic carbocycles. The van der Waals surface area contributed by atoms with E-state index < -0.39 is 5.60 Å². The zero-order valence-electron chi connectivity index (χ0n) is 13.9. The van der Waals surface area contributed by atoms with Crippen molar-refractivity contribution in [1.82, 2.24) is 0 Å². The van der Waals surface area contributed by atoms with E-state index >= 15 is 0 Å². The number of hydrogen-bond donors (Lipinski definition) is 0. The Morgan fingerprint density at radius 3 is 2.00 bits per heavy atom. The van der Waals surface area contributed by atoms with Crippen molar-refractivity contribution in [3.8, 4) is 11.1 Å². The third-order valence-electron chi connectivity index (χ3n) is 4.82. The number of rotatable bonds is 4. The number of esters is 1. The van der Waals surface area contributed by atoms with Crippen molar-refractivity contribution in [2.75, 3.05) is 0 Å². The monoisotopic (exact) mass is 306 g/mol. The molecule has 1 unspecified atom stereocenters. The molecular weight excluding hydrogens is 284 g/mol. The molecule has 0 radical (unpaired) electrons. The van der Waals surface area contributed by atoms with Crippen LogP contribution in [0.25, 0.3) is 11.1 Å². The Morgan fingerprint density at radius 2 is 1.57 bits per heavy atom. The Kier molecular flexibility index (Phi) is 3.85. The normalized spacial score (nSPS) is 15.4. The Bertz CT molecular complexity index is 729. The highest BCUT2D eigenvalue weighted by Crippen LogP contribution is 2.51. The lowest BCUT2D eigenvalue weighted by molar-refractivity contribution is -0.154. The van der Waals surface area contributed by atoms with Gasteiger partial charge in [0.2, 0.25) is 0 Å². The third kappa shape index (κ3) is 2.48. The van der Waals surface area contributed by atoms with E-state index in [4.69, 9.17) is 4.74 Å². The predicted molar refractivity (Wildman–Crippen MR) is 93.3 cm³/mol. The zero-order chi connectivity index (χ0) is 16.6. The minimum atomic E-state index is -0.598. The lowest BCUT2D eigenvalue weighted by Crippen LogP contribution is -2.37. The van der Waals surface area contributed by atoms with Crippen LogP contribution in [0.1, 0.15) is 44.2 Å². The van der Waals surface area contributed by atoms with Crippen LogP contribution >= 0.6 is 0 Å². The molecule has 0 fully saturated rings. The van der Waals surface area contributed by atoms with Gasteiger partial charge in [0.25, 0.3) is 0 Å². The van der Waals surface area contributed by atoms with Gasteiger partial charge in [-0.2, -0.15) is 0 Å². The summed E-state index contributed by atoms with van der Waals surface area (Å²) in [6.07, 6.45) is 0.735. The average molecular weight is 306 g/mol. The highest BCUT2D eigenvalue weighted by molar-refractivity contribution is 5.88. The summed E-state index contributed by atoms with van der Waals surface area (Å²) < 4.78 is 5.91. The van der Waals surface area contributed by atoms with E-state index in [2.05, 4.69) is 49.9 Å². The first-order valence-corrected chi connectivity index (χ1v) is 8.05. The summed E-state index contributed by atoms with van der Waals surface area (Å²) in [6, 6.07) is 16.8. The van der Waals surface area contributed by atoms with Gasteiger partial charge in [-0.25, -0.2) is 4.79 Å². The maximum Gasteiger partial charge on any atom is 0.333 e. The lowest BCUT2D eigenvalue weighted by Gasteiger charge is -2.35. The summed E-state index contributed by atoms with van der Waals surface area (Å²) in [6.45, 7) is 9.49. The molecule has 0 saturated heterocycles. The summed E-state index contributed by atoms with van der Waals surface area (Å²) >= 11 is 0. The molecule has 118 valence electrons. The quantitative estimate of drug-likeness (QED) is 0.581. The van der Waals surface area contributed by atoms with Gasteiger partial charge in [0.1, 0.15) is 5.60 Å². The number of hydrogen-bond acceptors (Lipinski definition) is 2. The molecule has 2 heteroatoms. The van der Waals surface area contributed by atoms with E-state index in [0.717, 1.165) is 6.42 Å². The Labute approximate surface area is 137 Å². The fourth-order valence-corrected chi connectivity index (χ4v) is 3.45. The third-order valence-corrected chi connectivity index (χ3v) is 4.82.